The number of unbranched alkanes of at least 4 members (excludes halogenated alkanes) is 1. The number of fused-ring (bicyclic) bond motifs is 5. The highest BCUT2D eigenvalue weighted by Crippen LogP contribution is 2.46. The van der Waals surface area contributed by atoms with Gasteiger partial charge in [0.1, 0.15) is 49.6 Å². The number of carbonyl (C=O) groups is 6. The number of aliphatic hydroxyl groups is 4. The molecule has 83 heavy (non-hydrogen) atoms. The van der Waals surface area contributed by atoms with Crippen molar-refractivity contribution in [2.75, 3.05) is 26.2 Å². The summed E-state index contributed by atoms with van der Waals surface area (Å²) in [6.45, 7) is 7.60. The number of aliphatic hydroxyl groups excluding tert-OH is 3. The molecule has 9 N–H and O–H groups in total. The van der Waals surface area contributed by atoms with Gasteiger partial charge in [-0.25, -0.2) is 37.3 Å². The highest BCUT2D eigenvalue weighted by Gasteiger charge is 2.49. The molecular weight excluding hydrogens is 1110 g/mol. The Morgan fingerprint density at radius 2 is 1.72 bits per heavy atom. The summed E-state index contributed by atoms with van der Waals surface area (Å²) in [6, 6.07) is -0.777. The Bertz CT molecular complexity index is 3510. The van der Waals surface area contributed by atoms with Crippen molar-refractivity contribution >= 4 is 56.3 Å². The number of nitrogens with zero attached hydrogens (tertiary/aromatic N) is 4. The fraction of sp³-hybridized carbons (Fsp3) is 0.527. The molecular formula is C55H65FN8O18S. The molecule has 8 rings (SSSR count). The summed E-state index contributed by atoms with van der Waals surface area (Å²) in [6.07, 6.45) is -5.68. The van der Waals surface area contributed by atoms with Gasteiger partial charge in [-0.05, 0) is 75.1 Å². The Morgan fingerprint density at radius 3 is 2.39 bits per heavy atom. The third kappa shape index (κ3) is 12.6. The SMILES string of the molecule is CC[C@@]1(O)C(=O)OCc2c1cc1n(c2=O)Cc2c-1nc1cc(F)c(C)c3c1c2[C@@H](NC(=O)C(C)(C)COCNC(=O)[C@H](CO[C@@H]1O[C@H](C(=O)O)[C@@H](O)[C@H](O)[C@H]1O)NC(=O)[C@@H](NC(=O)CCCC#Cc1cnc(S(C)(=O)=O)nc1)C(C)C)CC3. The number of esters is 1. The minimum absolute atomic E-state index is 0.00774. The zero-order chi connectivity index (χ0) is 60.6. The zero-order valence-corrected chi connectivity index (χ0v) is 47.2. The van der Waals surface area contributed by atoms with Crippen LogP contribution in [-0.4, -0.2) is 158 Å². The Balaban J connectivity index is 0.939. The first-order chi connectivity index (χ1) is 39.1. The number of carboxylic acids is 1. The van der Waals surface area contributed by atoms with E-state index in [1.807, 2.05) is 0 Å². The minimum Gasteiger partial charge on any atom is -0.479 e. The molecule has 0 saturated carbocycles. The molecule has 0 spiro atoms. The highest BCUT2D eigenvalue weighted by atomic mass is 32.2. The predicted octanol–water partition coefficient (Wildman–Crippen LogP) is -0.303. The van der Waals surface area contributed by atoms with E-state index in [2.05, 4.69) is 43.1 Å². The average molecular weight is 1180 g/mol. The molecule has 3 aliphatic heterocycles. The molecule has 1 aromatic carbocycles. The summed E-state index contributed by atoms with van der Waals surface area (Å²) < 4.78 is 62.1. The van der Waals surface area contributed by atoms with Crippen molar-refractivity contribution in [2.45, 2.75) is 153 Å². The molecule has 0 radical (unpaired) electrons. The quantitative estimate of drug-likeness (QED) is 0.0159. The number of hydrogen-bond donors (Lipinski definition) is 9. The van der Waals surface area contributed by atoms with Crippen LogP contribution >= 0.6 is 0 Å². The number of ether oxygens (including phenoxy) is 4. The molecule has 446 valence electrons. The molecule has 6 heterocycles. The van der Waals surface area contributed by atoms with Crippen molar-refractivity contribution in [3.05, 3.63) is 79.6 Å². The number of carboxylic acid groups (broad SMARTS) is 1. The number of cyclic esters (lactones) is 1. The third-order valence-corrected chi connectivity index (χ3v) is 16.0. The van der Waals surface area contributed by atoms with E-state index in [0.29, 0.717) is 57.4 Å². The lowest BCUT2D eigenvalue weighted by atomic mass is 9.81. The largest absolute Gasteiger partial charge is 0.479 e. The number of benzene rings is 1. The van der Waals surface area contributed by atoms with Crippen LogP contribution in [0.5, 0.6) is 0 Å². The number of aromatic nitrogens is 4. The van der Waals surface area contributed by atoms with Gasteiger partial charge in [-0.1, -0.05) is 32.6 Å². The number of hydrogen-bond acceptors (Lipinski definition) is 20. The van der Waals surface area contributed by atoms with Gasteiger partial charge in [0.05, 0.1) is 59.2 Å². The van der Waals surface area contributed by atoms with Crippen LogP contribution in [0.3, 0.4) is 0 Å². The van der Waals surface area contributed by atoms with E-state index in [1.54, 1.807) is 47.6 Å². The fourth-order valence-electron chi connectivity index (χ4n) is 10.3. The lowest BCUT2D eigenvalue weighted by molar-refractivity contribution is -0.294. The number of sulfone groups is 1. The zero-order valence-electron chi connectivity index (χ0n) is 46.4. The third-order valence-electron chi connectivity index (χ3n) is 15.1. The molecule has 1 aliphatic carbocycles. The van der Waals surface area contributed by atoms with E-state index < -0.39 is 136 Å². The van der Waals surface area contributed by atoms with E-state index in [4.69, 9.17) is 23.9 Å². The average Bonchev–Trinajstić information content (AvgIpc) is 1.88. The van der Waals surface area contributed by atoms with E-state index in [-0.39, 0.29) is 67.2 Å². The fourth-order valence-corrected chi connectivity index (χ4v) is 10.8. The second kappa shape index (κ2) is 24.5. The van der Waals surface area contributed by atoms with Gasteiger partial charge < -0.3 is 70.3 Å². The molecule has 28 heteroatoms. The van der Waals surface area contributed by atoms with Crippen molar-refractivity contribution < 1.29 is 86.1 Å². The van der Waals surface area contributed by atoms with Crippen molar-refractivity contribution in [2.24, 2.45) is 11.3 Å². The van der Waals surface area contributed by atoms with E-state index in [0.717, 1.165) is 6.26 Å². The number of halogens is 1. The number of aliphatic carboxylic acids is 1. The molecule has 0 bridgehead atoms. The normalized spacial score (nSPS) is 22.4. The molecule has 3 aromatic heterocycles. The van der Waals surface area contributed by atoms with E-state index in [1.165, 1.54) is 23.0 Å². The van der Waals surface area contributed by atoms with Crippen LogP contribution in [0.25, 0.3) is 22.3 Å². The van der Waals surface area contributed by atoms with Gasteiger partial charge >= 0.3 is 11.9 Å². The molecule has 4 aromatic rings. The van der Waals surface area contributed by atoms with Gasteiger partial charge in [0, 0.05) is 54.1 Å². The maximum Gasteiger partial charge on any atom is 0.343 e. The van der Waals surface area contributed by atoms with Crippen LogP contribution in [0.4, 0.5) is 4.39 Å². The molecule has 1 saturated heterocycles. The summed E-state index contributed by atoms with van der Waals surface area (Å²) in [5.74, 6) is -0.926. The first kappa shape index (κ1) is 61.7. The summed E-state index contributed by atoms with van der Waals surface area (Å²) >= 11 is 0. The number of rotatable bonds is 20. The first-order valence-corrected chi connectivity index (χ1v) is 28.6. The number of carbonyl (C=O) groups excluding carboxylic acids is 5. The van der Waals surface area contributed by atoms with Crippen LogP contribution in [0, 0.1) is 35.9 Å². The number of nitrogens with one attached hydrogen (secondary N) is 4. The lowest BCUT2D eigenvalue weighted by Crippen LogP contribution is -2.61. The number of pyridine rings is 2. The first-order valence-electron chi connectivity index (χ1n) is 26.7. The van der Waals surface area contributed by atoms with E-state index in [9.17, 15) is 67.5 Å². The topological polar surface area (TPSA) is 383 Å². The second-order valence-electron chi connectivity index (χ2n) is 21.9. The summed E-state index contributed by atoms with van der Waals surface area (Å²) in [4.78, 5) is 106. The number of amides is 4. The molecule has 4 aliphatic rings. The van der Waals surface area contributed by atoms with Gasteiger partial charge in [-0.15, -0.1) is 0 Å². The second-order valence-corrected chi connectivity index (χ2v) is 23.8. The molecule has 26 nitrogen and oxygen atoms in total. The van der Waals surface area contributed by atoms with Gasteiger partial charge in [-0.2, -0.15) is 0 Å². The van der Waals surface area contributed by atoms with Crippen molar-refractivity contribution in [1.29, 1.82) is 0 Å². The van der Waals surface area contributed by atoms with Crippen LogP contribution in [0.1, 0.15) is 112 Å². The monoisotopic (exact) mass is 1180 g/mol. The Labute approximate surface area is 474 Å². The maximum atomic E-state index is 15.6. The van der Waals surface area contributed by atoms with Crippen molar-refractivity contribution in [3.63, 3.8) is 0 Å². The minimum atomic E-state index is -3.60. The van der Waals surface area contributed by atoms with Gasteiger partial charge in [0.2, 0.25) is 38.6 Å². The van der Waals surface area contributed by atoms with Crippen molar-refractivity contribution in [3.8, 4) is 23.2 Å². The highest BCUT2D eigenvalue weighted by molar-refractivity contribution is 7.90. The Kier molecular flexibility index (Phi) is 18.2. The van der Waals surface area contributed by atoms with Crippen molar-refractivity contribution in [1.82, 2.24) is 40.8 Å². The Hall–Kier alpha value is -7.36. The standard InChI is InChI=1S/C55H65FN8O18S/c1-8-55(76)31-16-36-41-29(20-64(36)48(71)30(31)21-81-52(55)75)39-33(15-14-28-26(4)32(56)17-34(60-41)38(28)39)62-51(74)54(5,6)23-79-24-59-46(69)35(22-80-50-44(68)42(66)43(67)45(82-50)49(72)73)61-47(70)40(25(2)3)63-37(65)13-11-9-10-12-27-18-57-53(58-19-27)83(7,77)78/h16-19,25,33,35,40,42-45,50,66-68,76H,8-9,11,13-15,20-24H2,1-7H3,(H,59,69)(H,61,70)(H,62,74)(H,63,65)(H,72,73)/t33-,35-,40-,42-,43-,44+,45-,50+,55-/m0/s1. The molecule has 9 atom stereocenters. The Morgan fingerprint density at radius 1 is 1.01 bits per heavy atom. The van der Waals surface area contributed by atoms with Crippen LogP contribution < -0.4 is 26.8 Å². The number of aryl methyl sites for hydroxylation is 1. The van der Waals surface area contributed by atoms with Crippen LogP contribution in [0.15, 0.2) is 34.5 Å². The van der Waals surface area contributed by atoms with Gasteiger partial charge in [0.25, 0.3) is 5.56 Å². The van der Waals surface area contributed by atoms with Crippen LogP contribution in [0.2, 0.25) is 0 Å². The summed E-state index contributed by atoms with van der Waals surface area (Å²) in [5.41, 5.74) is -0.177. The lowest BCUT2D eigenvalue weighted by Gasteiger charge is -2.38. The van der Waals surface area contributed by atoms with Gasteiger partial charge in [0.15, 0.2) is 18.0 Å². The maximum absolute atomic E-state index is 15.6. The van der Waals surface area contributed by atoms with Gasteiger partial charge in [-0.3, -0.25) is 24.0 Å². The molecule has 4 amide bonds. The molecule has 0 unspecified atom stereocenters. The predicted molar refractivity (Wildman–Crippen MR) is 286 cm³/mol. The van der Waals surface area contributed by atoms with Crippen LogP contribution in [-0.2, 0) is 82.7 Å². The summed E-state index contributed by atoms with van der Waals surface area (Å²) in [7, 11) is -3.60. The smallest absolute Gasteiger partial charge is 0.343 e. The summed E-state index contributed by atoms with van der Waals surface area (Å²) in [5, 5.41) is 63.2. The molecule has 1 fully saturated rings. The van der Waals surface area contributed by atoms with E-state index >= 15 is 4.39 Å².